The SMILES string of the molecule is CC1(C)C(=CC=CC=CC2=[N+](CCCCCC(=O)CC(CCCCN)C(=O)NC(CCCCN)C(=O)CC(CCCCN)C(=O)NCCCCCCOP(=O)(O)OP(=O)(O)OP(=O)(O)OC[C@H]3O[C@@H](n4ccc(N)nc4=O)C[C@H]3O)c3ccc4c(S(=O)(=O)O)cc(S(=O)(=O)O)cc4c3C2(C)C)N(CCCS(=O)(=O)O)c2ccc3ccc(S(=O)(=O)O)cc3c21. The summed E-state index contributed by atoms with van der Waals surface area (Å²) in [6, 6.07) is 12.9. The molecule has 18 N–H and O–H groups in total. The van der Waals surface area contributed by atoms with Crippen molar-refractivity contribution in [3.05, 3.63) is 125 Å². The first-order valence-electron chi connectivity index (χ1n) is 40.2. The van der Waals surface area contributed by atoms with E-state index in [1.807, 2.05) is 43.2 Å². The maximum atomic E-state index is 14.5. The first kappa shape index (κ1) is 101. The third kappa shape index (κ3) is 28.4. The largest absolute Gasteiger partial charge is 0.490 e. The minimum atomic E-state index is -5.86. The van der Waals surface area contributed by atoms with Gasteiger partial charge in [0, 0.05) is 103 Å². The van der Waals surface area contributed by atoms with Crippen LogP contribution < -0.4 is 44.2 Å². The van der Waals surface area contributed by atoms with Crippen molar-refractivity contribution in [2.24, 2.45) is 29.0 Å². The first-order chi connectivity index (χ1) is 57.5. The second-order valence-corrected chi connectivity index (χ2v) is 42.0. The van der Waals surface area contributed by atoms with Crippen molar-refractivity contribution in [2.45, 2.75) is 213 Å². The van der Waals surface area contributed by atoms with Crippen LogP contribution in [0.3, 0.4) is 0 Å². The number of ketones is 2. The number of aromatic nitrogens is 2. The molecule has 46 heteroatoms. The lowest BCUT2D eigenvalue weighted by Gasteiger charge is -2.27. The molecule has 0 bridgehead atoms. The number of nitrogen functional groups attached to an aromatic ring is 1. The second-order valence-electron chi connectivity index (χ2n) is 31.5. The molecule has 682 valence electrons. The van der Waals surface area contributed by atoms with Crippen molar-refractivity contribution in [2.75, 3.05) is 68.9 Å². The van der Waals surface area contributed by atoms with Gasteiger partial charge in [0.05, 0.1) is 46.3 Å². The number of ether oxygens (including phenoxy) is 1. The minimum absolute atomic E-state index is 0.00308. The molecule has 1 aromatic heterocycles. The summed E-state index contributed by atoms with van der Waals surface area (Å²) in [6.45, 7) is 7.42. The quantitative estimate of drug-likeness (QED) is 0.00572. The Hall–Kier alpha value is -7.10. The summed E-state index contributed by atoms with van der Waals surface area (Å²) in [7, 11) is -36.0. The van der Waals surface area contributed by atoms with Crippen LogP contribution in [0.25, 0.3) is 21.5 Å². The number of carbonyl (C=O) groups is 4. The topological polar surface area (TPSA) is 633 Å². The summed E-state index contributed by atoms with van der Waals surface area (Å²) in [4.78, 5) is 103. The summed E-state index contributed by atoms with van der Waals surface area (Å²) in [6.07, 6.45) is 11.7. The first-order valence-corrected chi connectivity index (χ1v) is 50.6. The summed E-state index contributed by atoms with van der Waals surface area (Å²) in [5.41, 5.74) is 23.8. The van der Waals surface area contributed by atoms with Crippen LogP contribution >= 0.6 is 23.5 Å². The number of nitrogens with one attached hydrogen (secondary N) is 2. The molecular weight excluding hydrogens is 1750 g/mol. The Morgan fingerprint density at radius 3 is 1.91 bits per heavy atom. The van der Waals surface area contributed by atoms with Gasteiger partial charge in [0.1, 0.15) is 35.4 Å². The number of amides is 2. The number of aliphatic hydroxyl groups excluding tert-OH is 1. The fraction of sp³-hybridized carbons (Fsp3) is 0.545. The van der Waals surface area contributed by atoms with Crippen molar-refractivity contribution in [3.63, 3.8) is 0 Å². The number of rotatable bonds is 52. The van der Waals surface area contributed by atoms with E-state index in [1.54, 1.807) is 48.6 Å². The molecule has 0 radical (unpaired) electrons. The number of allylic oxidation sites excluding steroid dienone is 6. The number of nitrogens with two attached hydrogens (primary N) is 4. The molecule has 2 amide bonds. The van der Waals surface area contributed by atoms with Crippen LogP contribution in [0.1, 0.15) is 180 Å². The molecule has 3 aliphatic heterocycles. The van der Waals surface area contributed by atoms with Gasteiger partial charge in [-0.15, -0.1) is 0 Å². The van der Waals surface area contributed by atoms with E-state index in [1.165, 1.54) is 30.5 Å². The molecular formula is C77H112N10O29P3S4+. The number of phosphoric ester groups is 2. The predicted molar refractivity (Wildman–Crippen MR) is 456 cm³/mol. The molecule has 1 saturated heterocycles. The van der Waals surface area contributed by atoms with Gasteiger partial charge >= 0.3 is 29.2 Å². The number of phosphoric acid groups is 3. The maximum Gasteiger partial charge on any atom is 0.490 e. The van der Waals surface area contributed by atoms with E-state index in [0.29, 0.717) is 141 Å². The molecule has 5 aromatic rings. The van der Waals surface area contributed by atoms with E-state index in [4.69, 9.17) is 32.2 Å². The number of benzene rings is 4. The zero-order valence-electron chi connectivity index (χ0n) is 68.6. The van der Waals surface area contributed by atoms with Crippen LogP contribution in [-0.4, -0.2) is 191 Å². The molecule has 4 heterocycles. The van der Waals surface area contributed by atoms with Gasteiger partial charge in [0.2, 0.25) is 17.5 Å². The molecule has 123 heavy (non-hydrogen) atoms. The lowest BCUT2D eigenvalue weighted by atomic mass is 9.79. The number of fused-ring (bicyclic) bond motifs is 6. The summed E-state index contributed by atoms with van der Waals surface area (Å²) in [5, 5.41) is 17.4. The van der Waals surface area contributed by atoms with Gasteiger partial charge in [-0.25, -0.2) is 18.5 Å². The third-order valence-corrected chi connectivity index (χ3v) is 29.2. The van der Waals surface area contributed by atoms with Crippen molar-refractivity contribution in [1.82, 2.24) is 20.2 Å². The van der Waals surface area contributed by atoms with Crippen LogP contribution in [0, 0.1) is 11.8 Å². The lowest BCUT2D eigenvalue weighted by molar-refractivity contribution is -0.438. The van der Waals surface area contributed by atoms with Crippen molar-refractivity contribution in [3.8, 4) is 0 Å². The molecule has 0 saturated carbocycles. The summed E-state index contributed by atoms with van der Waals surface area (Å²) < 4.78 is 205. The average Bonchev–Trinajstić information content (AvgIpc) is 1.58. The highest BCUT2D eigenvalue weighted by atomic mass is 32.2. The fourth-order valence-corrected chi connectivity index (χ4v) is 21.5. The van der Waals surface area contributed by atoms with Crippen LogP contribution in [0.5, 0.6) is 0 Å². The summed E-state index contributed by atoms with van der Waals surface area (Å²) >= 11 is 0. The van der Waals surface area contributed by atoms with Gasteiger partial charge in [0.25, 0.3) is 40.5 Å². The standard InChI is InChI=1S/C77H111N10O29P3S4/c1-76(2)67(86(40-21-43-120(100,101)102)61-32-29-51-28-30-55(121(103,104)105)46-58(51)71(61)76)26-10-7-11-27-68-77(3,4)72-59-47-56(122(106,107)108)48-66(123(109,110)111)57(59)31-33-62(72)85(68)39-19-8-9-24-54(88)44-52(22-12-15-35-78)74(92)83-60(25-14-17-37-80)63(89)45-53(23-13-16-36-79)73(91)82-38-18-5-6-20-42-112-117(94,95)115-119(98,99)116-118(96,97)113-50-65-64(90)49-70(114-65)87-41-34-69(81)84-75(87)93/h7,10-11,26-34,41,46-48,52-53,60,64-65,70,90H,5-6,8-9,12-25,35-40,42-45,49-50,78-80H2,1-4H3,(H10-,81,82,83,84,91,92,93,94,95,96,97,98,99,100,101,102,103,104,105,106,107,108,109,110,111)/p+1/t52?,53?,60?,64-,65-,70-/m1/s1. The van der Waals surface area contributed by atoms with E-state index >= 15 is 0 Å². The number of nitrogens with zero attached hydrogens (tertiary/aromatic N) is 4. The molecule has 1 fully saturated rings. The molecule has 3 aliphatic rings. The van der Waals surface area contributed by atoms with Crippen LogP contribution in [0.15, 0.2) is 122 Å². The number of unbranched alkanes of at least 4 members (excludes halogenated alkanes) is 8. The number of carbonyl (C=O) groups excluding carboxylic acids is 4. The van der Waals surface area contributed by atoms with Crippen LogP contribution in [0.4, 0.5) is 17.2 Å². The highest BCUT2D eigenvalue weighted by molar-refractivity contribution is 7.87. The van der Waals surface area contributed by atoms with E-state index in [0.717, 1.165) is 10.6 Å². The lowest BCUT2D eigenvalue weighted by Crippen LogP contribution is -2.45. The highest BCUT2D eigenvalue weighted by Crippen LogP contribution is 2.68. The molecule has 8 rings (SSSR count). The fourth-order valence-electron chi connectivity index (χ4n) is 15.6. The van der Waals surface area contributed by atoms with Gasteiger partial charge in [-0.2, -0.15) is 51.9 Å². The Kier molecular flexibility index (Phi) is 35.9. The summed E-state index contributed by atoms with van der Waals surface area (Å²) in [5.74, 6) is -3.98. The van der Waals surface area contributed by atoms with Gasteiger partial charge in [-0.05, 0) is 181 Å². The second kappa shape index (κ2) is 43.6. The van der Waals surface area contributed by atoms with Crippen molar-refractivity contribution >= 4 is 132 Å². The van der Waals surface area contributed by atoms with Gasteiger partial charge in [0.15, 0.2) is 11.5 Å². The number of hydrogen-bond acceptors (Lipinski definition) is 28. The highest BCUT2D eigenvalue weighted by Gasteiger charge is 2.48. The van der Waals surface area contributed by atoms with Gasteiger partial charge in [-0.1, -0.05) is 69.9 Å². The molecule has 9 atom stereocenters. The molecule has 0 aliphatic carbocycles. The van der Waals surface area contributed by atoms with E-state index in [2.05, 4.69) is 28.8 Å². The van der Waals surface area contributed by atoms with Crippen molar-refractivity contribution < 1.29 is 132 Å². The molecule has 0 spiro atoms. The Balaban J connectivity index is 0.889. The van der Waals surface area contributed by atoms with Crippen LogP contribution in [0.2, 0.25) is 0 Å². The third-order valence-electron chi connectivity index (χ3n) is 21.6. The Morgan fingerprint density at radius 2 is 1.28 bits per heavy atom. The van der Waals surface area contributed by atoms with E-state index < -0.39 is 163 Å². The van der Waals surface area contributed by atoms with Gasteiger partial charge in [-0.3, -0.25) is 51.0 Å². The van der Waals surface area contributed by atoms with Gasteiger partial charge < -0.3 is 63.0 Å². The number of aliphatic hydroxyl groups is 1. The normalized spacial score (nSPS) is 19.3. The Labute approximate surface area is 714 Å². The molecule has 6 unspecified atom stereocenters. The van der Waals surface area contributed by atoms with E-state index in [-0.39, 0.29) is 111 Å². The Morgan fingerprint density at radius 1 is 0.659 bits per heavy atom. The zero-order valence-corrected chi connectivity index (χ0v) is 74.6. The molecule has 4 aromatic carbocycles. The van der Waals surface area contributed by atoms with Crippen molar-refractivity contribution in [1.29, 1.82) is 0 Å². The minimum Gasteiger partial charge on any atom is -0.390 e. The van der Waals surface area contributed by atoms with Crippen LogP contribution in [-0.2, 0) is 107 Å². The predicted octanol–water partition coefficient (Wildman–Crippen LogP) is 8.30. The molecule has 39 nitrogen and oxygen atoms in total. The number of hydrogen-bond donors (Lipinski definition) is 14. The number of anilines is 2. The average molecular weight is 1860 g/mol. The number of Topliss-reactive ketones (excluding diaryl/α,β-unsaturated/α-hetero) is 2. The zero-order chi connectivity index (χ0) is 90.8. The smallest absolute Gasteiger partial charge is 0.390 e. The van der Waals surface area contributed by atoms with E-state index in [9.17, 15) is 109 Å². The monoisotopic (exact) mass is 1860 g/mol. The Bertz CT molecular complexity index is 5520. The maximum absolute atomic E-state index is 14.5.